The number of hydrogen-bond acceptors (Lipinski definition) is 4. The third kappa shape index (κ3) is 1.89. The molecule has 0 radical (unpaired) electrons. The van der Waals surface area contributed by atoms with Gasteiger partial charge in [-0.15, -0.1) is 0 Å². The van der Waals surface area contributed by atoms with E-state index in [0.29, 0.717) is 6.54 Å². The number of rotatable bonds is 3. The topological polar surface area (TPSA) is 78.1 Å². The van der Waals surface area contributed by atoms with Crippen molar-refractivity contribution >= 4 is 11.8 Å². The summed E-state index contributed by atoms with van der Waals surface area (Å²) >= 11 is 0. The molecule has 1 saturated heterocycles. The van der Waals surface area contributed by atoms with Crippen LogP contribution in [-0.4, -0.2) is 40.0 Å². The highest BCUT2D eigenvalue weighted by molar-refractivity contribution is 6.05. The Bertz CT molecular complexity index is 373. The Morgan fingerprint density at radius 3 is 3.00 bits per heavy atom. The molecule has 1 fully saturated rings. The van der Waals surface area contributed by atoms with E-state index < -0.39 is 6.04 Å². The van der Waals surface area contributed by atoms with Gasteiger partial charge >= 0.3 is 0 Å². The Balaban J connectivity index is 1.91. The Kier molecular flexibility index (Phi) is 2.51. The van der Waals surface area contributed by atoms with Crippen LogP contribution in [0.5, 0.6) is 0 Å². The van der Waals surface area contributed by atoms with Crippen LogP contribution in [-0.2, 0) is 16.1 Å². The molecule has 2 rings (SSSR count). The molecule has 1 atom stereocenters. The summed E-state index contributed by atoms with van der Waals surface area (Å²) in [5.74, 6) is -0.304. The summed E-state index contributed by atoms with van der Waals surface area (Å²) < 4.78 is 0. The predicted octanol–water partition coefficient (Wildman–Crippen LogP) is -0.743. The lowest BCUT2D eigenvalue weighted by Crippen LogP contribution is -2.36. The van der Waals surface area contributed by atoms with Gasteiger partial charge in [0.1, 0.15) is 0 Å². The second-order valence-corrected chi connectivity index (χ2v) is 3.51. The van der Waals surface area contributed by atoms with Gasteiger partial charge in [0.2, 0.25) is 11.8 Å². The molecule has 2 N–H and O–H groups in total. The summed E-state index contributed by atoms with van der Waals surface area (Å²) in [6.45, 7) is 0.511. The number of carbonyl (C=O) groups is 2. The zero-order valence-corrected chi connectivity index (χ0v) is 8.36. The van der Waals surface area contributed by atoms with Crippen molar-refractivity contribution in [1.29, 1.82) is 0 Å². The van der Waals surface area contributed by atoms with Crippen LogP contribution in [0.25, 0.3) is 0 Å². The van der Waals surface area contributed by atoms with Gasteiger partial charge in [-0.05, 0) is 6.07 Å². The summed E-state index contributed by atoms with van der Waals surface area (Å²) in [4.78, 5) is 23.9. The van der Waals surface area contributed by atoms with Crippen LogP contribution < -0.4 is 5.32 Å². The molecule has 1 aromatic heterocycles. The number of aromatic amines is 1. The molecule has 0 aliphatic carbocycles. The highest BCUT2D eigenvalue weighted by atomic mass is 16.2. The Labute approximate surface area is 86.6 Å². The van der Waals surface area contributed by atoms with Crippen molar-refractivity contribution in [3.63, 3.8) is 0 Å². The minimum absolute atomic E-state index is 0.137. The predicted molar refractivity (Wildman–Crippen MR) is 51.6 cm³/mol. The third-order valence-electron chi connectivity index (χ3n) is 2.48. The van der Waals surface area contributed by atoms with Gasteiger partial charge in [-0.1, -0.05) is 0 Å². The molecule has 0 saturated carbocycles. The van der Waals surface area contributed by atoms with E-state index in [0.717, 1.165) is 10.6 Å². The summed E-state index contributed by atoms with van der Waals surface area (Å²) in [5.41, 5.74) is 0.893. The molecule has 1 aromatic rings. The van der Waals surface area contributed by atoms with Gasteiger partial charge in [0.15, 0.2) is 0 Å². The van der Waals surface area contributed by atoms with Crippen molar-refractivity contribution in [2.45, 2.75) is 19.0 Å². The SMILES string of the molecule is CN1C(=O)CC(NCc2ccn[nH]2)C1=O. The maximum Gasteiger partial charge on any atom is 0.246 e. The maximum atomic E-state index is 11.5. The monoisotopic (exact) mass is 208 g/mol. The first-order chi connectivity index (χ1) is 7.18. The summed E-state index contributed by atoms with van der Waals surface area (Å²) in [7, 11) is 1.50. The number of likely N-dealkylation sites (N-methyl/N-ethyl adjacent to an activating group) is 1. The molecule has 0 bridgehead atoms. The highest BCUT2D eigenvalue weighted by Gasteiger charge is 2.35. The highest BCUT2D eigenvalue weighted by Crippen LogP contribution is 2.10. The van der Waals surface area contributed by atoms with E-state index in [1.807, 2.05) is 6.07 Å². The molecule has 1 aliphatic rings. The number of likely N-dealkylation sites (tertiary alicyclic amines) is 1. The quantitative estimate of drug-likeness (QED) is 0.641. The molecule has 6 nitrogen and oxygen atoms in total. The van der Waals surface area contributed by atoms with Gasteiger partial charge in [0.05, 0.1) is 12.5 Å². The number of carbonyl (C=O) groups excluding carboxylic acids is 2. The van der Waals surface area contributed by atoms with Crippen LogP contribution in [0.2, 0.25) is 0 Å². The molecule has 15 heavy (non-hydrogen) atoms. The fourth-order valence-electron chi connectivity index (χ4n) is 1.53. The fourth-order valence-corrected chi connectivity index (χ4v) is 1.53. The second kappa shape index (κ2) is 3.82. The van der Waals surface area contributed by atoms with Gasteiger partial charge in [-0.25, -0.2) is 0 Å². The van der Waals surface area contributed by atoms with Crippen molar-refractivity contribution < 1.29 is 9.59 Å². The van der Waals surface area contributed by atoms with E-state index in [1.54, 1.807) is 6.20 Å². The van der Waals surface area contributed by atoms with Crippen molar-refractivity contribution in [2.24, 2.45) is 0 Å². The molecule has 1 aliphatic heterocycles. The van der Waals surface area contributed by atoms with Gasteiger partial charge in [-0.3, -0.25) is 24.9 Å². The van der Waals surface area contributed by atoms with Crippen LogP contribution in [0, 0.1) is 0 Å². The second-order valence-electron chi connectivity index (χ2n) is 3.51. The van der Waals surface area contributed by atoms with E-state index in [1.165, 1.54) is 7.05 Å². The Morgan fingerprint density at radius 2 is 2.47 bits per heavy atom. The average molecular weight is 208 g/mol. The van der Waals surface area contributed by atoms with Gasteiger partial charge < -0.3 is 0 Å². The number of H-pyrrole nitrogens is 1. The largest absolute Gasteiger partial charge is 0.300 e. The number of imide groups is 1. The minimum Gasteiger partial charge on any atom is -0.300 e. The van der Waals surface area contributed by atoms with E-state index >= 15 is 0 Å². The maximum absolute atomic E-state index is 11.5. The first-order valence-electron chi connectivity index (χ1n) is 4.70. The van der Waals surface area contributed by atoms with Crippen LogP contribution >= 0.6 is 0 Å². The first-order valence-corrected chi connectivity index (χ1v) is 4.70. The van der Waals surface area contributed by atoms with Gasteiger partial charge in [0.25, 0.3) is 0 Å². The molecular formula is C9H12N4O2. The molecular weight excluding hydrogens is 196 g/mol. The van der Waals surface area contributed by atoms with Crippen LogP contribution in [0.15, 0.2) is 12.3 Å². The number of hydrogen-bond donors (Lipinski definition) is 2. The molecule has 2 amide bonds. The molecule has 80 valence electrons. The third-order valence-corrected chi connectivity index (χ3v) is 2.48. The number of aromatic nitrogens is 2. The lowest BCUT2D eigenvalue weighted by molar-refractivity contribution is -0.137. The van der Waals surface area contributed by atoms with Crippen molar-refractivity contribution in [1.82, 2.24) is 20.4 Å². The van der Waals surface area contributed by atoms with E-state index in [-0.39, 0.29) is 18.2 Å². The van der Waals surface area contributed by atoms with Crippen LogP contribution in [0.3, 0.4) is 0 Å². The zero-order valence-electron chi connectivity index (χ0n) is 8.36. The summed E-state index contributed by atoms with van der Waals surface area (Å²) in [6.07, 6.45) is 1.88. The minimum atomic E-state index is -0.397. The Hall–Kier alpha value is -1.69. The zero-order chi connectivity index (χ0) is 10.8. The molecule has 2 heterocycles. The molecule has 0 aromatic carbocycles. The van der Waals surface area contributed by atoms with Crippen molar-refractivity contribution in [2.75, 3.05) is 7.05 Å². The number of nitrogens with zero attached hydrogens (tertiary/aromatic N) is 2. The summed E-state index contributed by atoms with van der Waals surface area (Å²) in [5, 5.41) is 9.58. The van der Waals surface area contributed by atoms with E-state index in [4.69, 9.17) is 0 Å². The van der Waals surface area contributed by atoms with Gasteiger partial charge in [0, 0.05) is 25.5 Å². The number of nitrogens with one attached hydrogen (secondary N) is 2. The smallest absolute Gasteiger partial charge is 0.246 e. The Morgan fingerprint density at radius 1 is 1.67 bits per heavy atom. The van der Waals surface area contributed by atoms with Crippen LogP contribution in [0.4, 0.5) is 0 Å². The average Bonchev–Trinajstić information content (AvgIpc) is 2.80. The molecule has 0 spiro atoms. The molecule has 1 unspecified atom stereocenters. The number of amides is 2. The lowest BCUT2D eigenvalue weighted by Gasteiger charge is -2.09. The lowest BCUT2D eigenvalue weighted by atomic mass is 10.2. The van der Waals surface area contributed by atoms with Crippen molar-refractivity contribution in [3.8, 4) is 0 Å². The standard InChI is InChI=1S/C9H12N4O2/c1-13-8(14)4-7(9(13)15)10-5-6-2-3-11-12-6/h2-3,7,10H,4-5H2,1H3,(H,11,12). The van der Waals surface area contributed by atoms with E-state index in [2.05, 4.69) is 15.5 Å². The fraction of sp³-hybridized carbons (Fsp3) is 0.444. The normalized spacial score (nSPS) is 21.4. The van der Waals surface area contributed by atoms with Crippen LogP contribution in [0.1, 0.15) is 12.1 Å². The molecule has 6 heteroatoms. The van der Waals surface area contributed by atoms with Gasteiger partial charge in [-0.2, -0.15) is 5.10 Å². The first kappa shape index (κ1) is 9.85. The van der Waals surface area contributed by atoms with E-state index in [9.17, 15) is 9.59 Å². The summed E-state index contributed by atoms with van der Waals surface area (Å²) in [6, 6.07) is 1.42. The van der Waals surface area contributed by atoms with Crippen molar-refractivity contribution in [3.05, 3.63) is 18.0 Å².